The van der Waals surface area contributed by atoms with Crippen LogP contribution in [-0.2, 0) is 11.2 Å². The average molecular weight is 334 g/mol. The van der Waals surface area contributed by atoms with Gasteiger partial charge in [-0.3, -0.25) is 4.79 Å². The number of hydrogen-bond donors (Lipinski definition) is 1. The molecule has 0 radical (unpaired) electrons. The molecule has 1 N–H and O–H groups in total. The molecule has 0 aromatic carbocycles. The van der Waals surface area contributed by atoms with E-state index in [-0.39, 0.29) is 17.8 Å². The minimum absolute atomic E-state index is 0.0370. The van der Waals surface area contributed by atoms with Crippen molar-refractivity contribution in [1.29, 1.82) is 0 Å². The van der Waals surface area contributed by atoms with Gasteiger partial charge in [-0.25, -0.2) is 4.98 Å². The normalized spacial score (nSPS) is 24.9. The van der Waals surface area contributed by atoms with Crippen LogP contribution in [0.3, 0.4) is 0 Å². The molecule has 0 spiro atoms. The smallest absolute Gasteiger partial charge is 0.264 e. The molecule has 1 aliphatic heterocycles. The van der Waals surface area contributed by atoms with Crippen LogP contribution < -0.4 is 5.56 Å². The van der Waals surface area contributed by atoms with Crippen LogP contribution in [0.25, 0.3) is 0 Å². The second-order valence-corrected chi connectivity index (χ2v) is 5.16. The molecule has 2 heterocycles. The number of halogens is 1. The van der Waals surface area contributed by atoms with E-state index in [4.69, 9.17) is 4.74 Å². The number of aryl methyl sites for hydroxylation is 1. The third kappa shape index (κ3) is 2.29. The van der Waals surface area contributed by atoms with Gasteiger partial charge in [-0.05, 0) is 48.8 Å². The summed E-state index contributed by atoms with van der Waals surface area (Å²) in [6, 6.07) is 0. The SMILES string of the molecule is CCc1nc(C2CCC(C)O2)[nH]c(=O)c1I. The Morgan fingerprint density at radius 1 is 1.56 bits per heavy atom. The molecule has 1 aromatic heterocycles. The lowest BCUT2D eigenvalue weighted by Crippen LogP contribution is -2.20. The Morgan fingerprint density at radius 3 is 2.88 bits per heavy atom. The lowest BCUT2D eigenvalue weighted by atomic mass is 10.2. The van der Waals surface area contributed by atoms with Gasteiger partial charge < -0.3 is 9.72 Å². The lowest BCUT2D eigenvalue weighted by molar-refractivity contribution is 0.0500. The summed E-state index contributed by atoms with van der Waals surface area (Å²) < 4.78 is 6.40. The summed E-state index contributed by atoms with van der Waals surface area (Å²) in [5.74, 6) is 0.687. The van der Waals surface area contributed by atoms with Crippen molar-refractivity contribution in [2.24, 2.45) is 0 Å². The van der Waals surface area contributed by atoms with Crippen LogP contribution in [0.1, 0.15) is 44.3 Å². The Morgan fingerprint density at radius 2 is 2.31 bits per heavy atom. The van der Waals surface area contributed by atoms with Gasteiger partial charge in [-0.15, -0.1) is 0 Å². The molecule has 1 fully saturated rings. The van der Waals surface area contributed by atoms with E-state index < -0.39 is 0 Å². The summed E-state index contributed by atoms with van der Waals surface area (Å²) in [4.78, 5) is 19.0. The van der Waals surface area contributed by atoms with Gasteiger partial charge >= 0.3 is 0 Å². The first-order valence-corrected chi connectivity index (χ1v) is 6.63. The van der Waals surface area contributed by atoms with E-state index in [1.165, 1.54) is 0 Å². The van der Waals surface area contributed by atoms with Gasteiger partial charge in [0.15, 0.2) is 0 Å². The highest BCUT2D eigenvalue weighted by Crippen LogP contribution is 2.30. The molecule has 4 nitrogen and oxygen atoms in total. The molecule has 1 aliphatic rings. The Balaban J connectivity index is 2.35. The lowest BCUT2D eigenvalue weighted by Gasteiger charge is -2.11. The minimum Gasteiger partial charge on any atom is -0.367 e. The maximum Gasteiger partial charge on any atom is 0.264 e. The Kier molecular flexibility index (Phi) is 3.63. The molecule has 5 heteroatoms. The molecule has 2 unspecified atom stereocenters. The van der Waals surface area contributed by atoms with Crippen molar-refractivity contribution in [3.63, 3.8) is 0 Å². The van der Waals surface area contributed by atoms with Crippen molar-refractivity contribution in [2.75, 3.05) is 0 Å². The first kappa shape index (κ1) is 12.0. The summed E-state index contributed by atoms with van der Waals surface area (Å²) in [5.41, 5.74) is 0.813. The predicted molar refractivity (Wildman–Crippen MR) is 69.5 cm³/mol. The van der Waals surface area contributed by atoms with Crippen LogP contribution in [0.4, 0.5) is 0 Å². The molecular weight excluding hydrogens is 319 g/mol. The number of aromatic nitrogens is 2. The third-order valence-corrected chi connectivity index (χ3v) is 3.93. The topological polar surface area (TPSA) is 55.0 Å². The molecule has 0 amide bonds. The fraction of sp³-hybridized carbons (Fsp3) is 0.636. The minimum atomic E-state index is -0.0504. The maximum absolute atomic E-state index is 11.7. The van der Waals surface area contributed by atoms with E-state index in [9.17, 15) is 4.79 Å². The van der Waals surface area contributed by atoms with Crippen LogP contribution in [0.15, 0.2) is 4.79 Å². The summed E-state index contributed by atoms with van der Waals surface area (Å²) in [6.07, 6.45) is 2.97. The molecule has 16 heavy (non-hydrogen) atoms. The number of ether oxygens (including phenoxy) is 1. The monoisotopic (exact) mass is 334 g/mol. The zero-order valence-electron chi connectivity index (χ0n) is 9.42. The van der Waals surface area contributed by atoms with Crippen molar-refractivity contribution in [3.8, 4) is 0 Å². The number of rotatable bonds is 2. The van der Waals surface area contributed by atoms with Gasteiger partial charge in [0.25, 0.3) is 5.56 Å². The molecule has 88 valence electrons. The first-order valence-electron chi connectivity index (χ1n) is 5.55. The molecule has 0 bridgehead atoms. The van der Waals surface area contributed by atoms with Gasteiger partial charge in [0, 0.05) is 0 Å². The highest BCUT2D eigenvalue weighted by molar-refractivity contribution is 14.1. The van der Waals surface area contributed by atoms with Crippen molar-refractivity contribution in [3.05, 3.63) is 25.4 Å². The van der Waals surface area contributed by atoms with Crippen LogP contribution >= 0.6 is 22.6 Å². The molecule has 0 saturated carbocycles. The van der Waals surface area contributed by atoms with Gasteiger partial charge in [-0.1, -0.05) is 6.92 Å². The predicted octanol–water partition coefficient (Wildman–Crippen LogP) is 2.18. The van der Waals surface area contributed by atoms with Crippen molar-refractivity contribution in [2.45, 2.75) is 45.3 Å². The summed E-state index contributed by atoms with van der Waals surface area (Å²) in [5, 5.41) is 0. The van der Waals surface area contributed by atoms with Crippen LogP contribution in [0.5, 0.6) is 0 Å². The number of hydrogen-bond acceptors (Lipinski definition) is 3. The van der Waals surface area contributed by atoms with E-state index in [1.54, 1.807) is 0 Å². The van der Waals surface area contributed by atoms with E-state index in [0.29, 0.717) is 9.39 Å². The number of aromatic amines is 1. The molecule has 0 aliphatic carbocycles. The van der Waals surface area contributed by atoms with Gasteiger partial charge in [0.2, 0.25) is 0 Å². The largest absolute Gasteiger partial charge is 0.367 e. The molecule has 2 rings (SSSR count). The van der Waals surface area contributed by atoms with Crippen molar-refractivity contribution < 1.29 is 4.74 Å². The number of nitrogens with zero attached hydrogens (tertiary/aromatic N) is 1. The van der Waals surface area contributed by atoms with Crippen molar-refractivity contribution in [1.82, 2.24) is 9.97 Å². The highest BCUT2D eigenvalue weighted by atomic mass is 127. The Bertz CT molecular complexity index is 444. The van der Waals surface area contributed by atoms with Gasteiger partial charge in [0.05, 0.1) is 15.4 Å². The molecule has 2 atom stereocenters. The van der Waals surface area contributed by atoms with Gasteiger partial charge in [-0.2, -0.15) is 0 Å². The number of nitrogens with one attached hydrogen (secondary N) is 1. The standard InChI is InChI=1S/C11H15IN2O2/c1-3-7-9(12)11(15)14-10(13-7)8-5-4-6(2)16-8/h6,8H,3-5H2,1-2H3,(H,13,14,15). The average Bonchev–Trinajstić information content (AvgIpc) is 2.69. The van der Waals surface area contributed by atoms with Crippen LogP contribution in [0.2, 0.25) is 0 Å². The zero-order valence-corrected chi connectivity index (χ0v) is 11.6. The second kappa shape index (κ2) is 4.83. The Labute approximate surface area is 108 Å². The molecular formula is C11H15IN2O2. The van der Waals surface area contributed by atoms with E-state index in [2.05, 4.69) is 9.97 Å². The fourth-order valence-corrected chi connectivity index (χ4v) is 2.55. The zero-order chi connectivity index (χ0) is 11.7. The van der Waals surface area contributed by atoms with E-state index in [1.807, 2.05) is 36.4 Å². The molecule has 1 aromatic rings. The van der Waals surface area contributed by atoms with Crippen LogP contribution in [0, 0.1) is 3.57 Å². The highest BCUT2D eigenvalue weighted by Gasteiger charge is 2.26. The summed E-state index contributed by atoms with van der Waals surface area (Å²) >= 11 is 2.04. The van der Waals surface area contributed by atoms with E-state index in [0.717, 1.165) is 25.0 Å². The van der Waals surface area contributed by atoms with Crippen molar-refractivity contribution >= 4 is 22.6 Å². The fourth-order valence-electron chi connectivity index (χ4n) is 1.92. The third-order valence-electron chi connectivity index (χ3n) is 2.82. The van der Waals surface area contributed by atoms with E-state index >= 15 is 0 Å². The maximum atomic E-state index is 11.7. The molecule has 1 saturated heterocycles. The Hall–Kier alpha value is -0.430. The van der Waals surface area contributed by atoms with Gasteiger partial charge in [0.1, 0.15) is 11.9 Å². The quantitative estimate of drug-likeness (QED) is 0.844. The second-order valence-electron chi connectivity index (χ2n) is 4.08. The number of H-pyrrole nitrogens is 1. The van der Waals surface area contributed by atoms with Crippen LogP contribution in [-0.4, -0.2) is 16.1 Å². The first-order chi connectivity index (χ1) is 7.61. The summed E-state index contributed by atoms with van der Waals surface area (Å²) in [6.45, 7) is 4.05. The summed E-state index contributed by atoms with van der Waals surface area (Å²) in [7, 11) is 0.